The molecule has 10 heavy (non-hydrogen) atoms. The maximum atomic E-state index is 8.95. The van der Waals surface area contributed by atoms with Gasteiger partial charge in [0.1, 0.15) is 5.75 Å². The van der Waals surface area contributed by atoms with Gasteiger partial charge in [-0.05, 0) is 18.6 Å². The number of phenols is 1. The molecule has 54 valence electrons. The highest BCUT2D eigenvalue weighted by molar-refractivity contribution is 6.31. The van der Waals surface area contributed by atoms with E-state index in [9.17, 15) is 0 Å². The normalized spacial score (nSPS) is 9.80. The molecule has 1 rings (SSSR count). The maximum Gasteiger partial charge on any atom is 0.119 e. The predicted molar refractivity (Wildman–Crippen MR) is 42.3 cm³/mol. The molecule has 0 saturated heterocycles. The van der Waals surface area contributed by atoms with E-state index in [4.69, 9.17) is 22.4 Å². The SMILES string of the molecule is Cc1c(N)cc(O)cc1Cl. The highest BCUT2D eigenvalue weighted by atomic mass is 35.5. The molecule has 0 atom stereocenters. The number of phenolic OH excluding ortho intramolecular Hbond substituents is 1. The van der Waals surface area contributed by atoms with Crippen molar-refractivity contribution in [2.24, 2.45) is 0 Å². The van der Waals surface area contributed by atoms with Gasteiger partial charge in [-0.2, -0.15) is 0 Å². The molecule has 0 fully saturated rings. The largest absolute Gasteiger partial charge is 0.508 e. The van der Waals surface area contributed by atoms with Crippen molar-refractivity contribution in [2.75, 3.05) is 5.73 Å². The lowest BCUT2D eigenvalue weighted by Crippen LogP contribution is -1.88. The zero-order chi connectivity index (χ0) is 7.72. The van der Waals surface area contributed by atoms with Crippen molar-refractivity contribution in [3.05, 3.63) is 22.7 Å². The summed E-state index contributed by atoms with van der Waals surface area (Å²) < 4.78 is 0. The van der Waals surface area contributed by atoms with Crippen LogP contribution in [-0.4, -0.2) is 5.11 Å². The first-order valence-electron chi connectivity index (χ1n) is 2.86. The lowest BCUT2D eigenvalue weighted by molar-refractivity contribution is 0.475. The Hall–Kier alpha value is -0.890. The fraction of sp³-hybridized carbons (Fsp3) is 0.143. The molecule has 0 aliphatic heterocycles. The van der Waals surface area contributed by atoms with Crippen molar-refractivity contribution >= 4 is 17.3 Å². The molecule has 0 aliphatic rings. The number of hydrogen-bond acceptors (Lipinski definition) is 2. The Labute approximate surface area is 64.2 Å². The van der Waals surface area contributed by atoms with Gasteiger partial charge in [-0.3, -0.25) is 0 Å². The first-order valence-corrected chi connectivity index (χ1v) is 3.23. The number of halogens is 1. The predicted octanol–water partition coefficient (Wildman–Crippen LogP) is 1.94. The van der Waals surface area contributed by atoms with Gasteiger partial charge < -0.3 is 10.8 Å². The zero-order valence-electron chi connectivity index (χ0n) is 5.56. The fourth-order valence-corrected chi connectivity index (χ4v) is 0.906. The van der Waals surface area contributed by atoms with Gasteiger partial charge in [0, 0.05) is 16.8 Å². The van der Waals surface area contributed by atoms with Crippen molar-refractivity contribution in [3.63, 3.8) is 0 Å². The molecule has 0 spiro atoms. The first-order chi connectivity index (χ1) is 4.61. The van der Waals surface area contributed by atoms with Crippen molar-refractivity contribution < 1.29 is 5.11 Å². The second-order valence-corrected chi connectivity index (χ2v) is 2.55. The number of anilines is 1. The Morgan fingerprint density at radius 1 is 1.50 bits per heavy atom. The van der Waals surface area contributed by atoms with Crippen LogP contribution in [0, 0.1) is 6.92 Å². The van der Waals surface area contributed by atoms with E-state index in [0.29, 0.717) is 10.7 Å². The van der Waals surface area contributed by atoms with Crippen LogP contribution < -0.4 is 5.73 Å². The van der Waals surface area contributed by atoms with Crippen molar-refractivity contribution in [2.45, 2.75) is 6.92 Å². The van der Waals surface area contributed by atoms with E-state index in [1.165, 1.54) is 12.1 Å². The van der Waals surface area contributed by atoms with Gasteiger partial charge in [0.15, 0.2) is 0 Å². The van der Waals surface area contributed by atoms with E-state index in [1.807, 2.05) is 0 Å². The quantitative estimate of drug-likeness (QED) is 0.566. The summed E-state index contributed by atoms with van der Waals surface area (Å²) >= 11 is 5.68. The minimum absolute atomic E-state index is 0.105. The topological polar surface area (TPSA) is 46.2 Å². The van der Waals surface area contributed by atoms with Crippen LogP contribution in [0.2, 0.25) is 5.02 Å². The summed E-state index contributed by atoms with van der Waals surface area (Å²) in [5.74, 6) is 0.105. The van der Waals surface area contributed by atoms with Crippen LogP contribution >= 0.6 is 11.6 Å². The second-order valence-electron chi connectivity index (χ2n) is 2.14. The average Bonchev–Trinajstić information content (AvgIpc) is 1.82. The van der Waals surface area contributed by atoms with E-state index < -0.39 is 0 Å². The molecule has 1 aromatic rings. The molecule has 0 saturated carbocycles. The Morgan fingerprint density at radius 3 is 2.60 bits per heavy atom. The van der Waals surface area contributed by atoms with Gasteiger partial charge in [-0.15, -0.1) is 0 Å². The van der Waals surface area contributed by atoms with Gasteiger partial charge in [-0.25, -0.2) is 0 Å². The zero-order valence-corrected chi connectivity index (χ0v) is 6.31. The average molecular weight is 158 g/mol. The lowest BCUT2D eigenvalue weighted by Gasteiger charge is -2.01. The molecule has 0 aliphatic carbocycles. The van der Waals surface area contributed by atoms with E-state index in [-0.39, 0.29) is 5.75 Å². The minimum atomic E-state index is 0.105. The Bertz CT molecular complexity index is 237. The number of nitrogen functional groups attached to an aromatic ring is 1. The summed E-state index contributed by atoms with van der Waals surface area (Å²) in [6.45, 7) is 1.80. The molecule has 0 heterocycles. The molecule has 0 radical (unpaired) electrons. The first kappa shape index (κ1) is 7.22. The summed E-state index contributed by atoms with van der Waals surface area (Å²) in [5.41, 5.74) is 6.80. The Balaban J connectivity index is 3.31. The molecule has 0 unspecified atom stereocenters. The fourth-order valence-electron chi connectivity index (χ4n) is 0.685. The summed E-state index contributed by atoms with van der Waals surface area (Å²) in [5, 5.41) is 9.45. The molecular weight excluding hydrogens is 150 g/mol. The van der Waals surface area contributed by atoms with Crippen LogP contribution in [0.25, 0.3) is 0 Å². The third kappa shape index (κ3) is 1.16. The van der Waals surface area contributed by atoms with E-state index >= 15 is 0 Å². The summed E-state index contributed by atoms with van der Waals surface area (Å²) in [6.07, 6.45) is 0. The molecule has 0 aromatic heterocycles. The lowest BCUT2D eigenvalue weighted by atomic mass is 10.2. The highest BCUT2D eigenvalue weighted by Crippen LogP contribution is 2.26. The van der Waals surface area contributed by atoms with E-state index in [2.05, 4.69) is 0 Å². The van der Waals surface area contributed by atoms with Gasteiger partial charge in [0.05, 0.1) is 0 Å². The smallest absolute Gasteiger partial charge is 0.119 e. The molecule has 0 amide bonds. The molecule has 1 aromatic carbocycles. The third-order valence-electron chi connectivity index (χ3n) is 1.37. The van der Waals surface area contributed by atoms with Crippen molar-refractivity contribution in [1.29, 1.82) is 0 Å². The van der Waals surface area contributed by atoms with Gasteiger partial charge in [0.25, 0.3) is 0 Å². The van der Waals surface area contributed by atoms with Crippen LogP contribution in [0.15, 0.2) is 12.1 Å². The highest BCUT2D eigenvalue weighted by Gasteiger charge is 2.00. The Morgan fingerprint density at radius 2 is 2.10 bits per heavy atom. The standard InChI is InChI=1S/C7H8ClNO/c1-4-6(8)2-5(10)3-7(4)9/h2-3,10H,9H2,1H3. The van der Waals surface area contributed by atoms with Crippen LogP contribution in [0.3, 0.4) is 0 Å². The van der Waals surface area contributed by atoms with Crippen LogP contribution in [-0.2, 0) is 0 Å². The Kier molecular flexibility index (Phi) is 1.72. The summed E-state index contributed by atoms with van der Waals surface area (Å²) in [6, 6.07) is 2.94. The molecule has 0 bridgehead atoms. The minimum Gasteiger partial charge on any atom is -0.508 e. The number of nitrogens with two attached hydrogens (primary N) is 1. The molecule has 2 nitrogen and oxygen atoms in total. The van der Waals surface area contributed by atoms with Crippen LogP contribution in [0.5, 0.6) is 5.75 Å². The van der Waals surface area contributed by atoms with Gasteiger partial charge in [0.2, 0.25) is 0 Å². The number of hydrogen-bond donors (Lipinski definition) is 2. The van der Waals surface area contributed by atoms with Gasteiger partial charge in [-0.1, -0.05) is 11.6 Å². The van der Waals surface area contributed by atoms with Crippen LogP contribution in [0.4, 0.5) is 5.69 Å². The number of aromatic hydroxyl groups is 1. The third-order valence-corrected chi connectivity index (χ3v) is 1.76. The number of rotatable bonds is 0. The van der Waals surface area contributed by atoms with Crippen molar-refractivity contribution in [3.8, 4) is 5.75 Å². The molecule has 3 N–H and O–H groups in total. The van der Waals surface area contributed by atoms with E-state index in [0.717, 1.165) is 5.56 Å². The maximum absolute atomic E-state index is 8.95. The molecular formula is C7H8ClNO. The van der Waals surface area contributed by atoms with E-state index in [1.54, 1.807) is 6.92 Å². The summed E-state index contributed by atoms with van der Waals surface area (Å²) in [4.78, 5) is 0. The molecule has 3 heteroatoms. The monoisotopic (exact) mass is 157 g/mol. The number of benzene rings is 1. The van der Waals surface area contributed by atoms with Crippen LogP contribution in [0.1, 0.15) is 5.56 Å². The second kappa shape index (κ2) is 2.39. The van der Waals surface area contributed by atoms with Crippen molar-refractivity contribution in [1.82, 2.24) is 0 Å². The van der Waals surface area contributed by atoms with Gasteiger partial charge >= 0.3 is 0 Å². The summed E-state index contributed by atoms with van der Waals surface area (Å²) in [7, 11) is 0.